The highest BCUT2D eigenvalue weighted by Crippen LogP contribution is 2.19. The minimum Gasteiger partial charge on any atom is -0.376 e. The fourth-order valence-electron chi connectivity index (χ4n) is 1.96. The summed E-state index contributed by atoms with van der Waals surface area (Å²) in [6.45, 7) is 8.52. The average Bonchev–Trinajstić information content (AvgIpc) is 2.76. The van der Waals surface area contributed by atoms with Gasteiger partial charge in [0.15, 0.2) is 0 Å². The lowest BCUT2D eigenvalue weighted by Crippen LogP contribution is -2.22. The molecule has 0 amide bonds. The maximum atomic E-state index is 5.79. The highest BCUT2D eigenvalue weighted by atomic mass is 28.3. The van der Waals surface area contributed by atoms with Crippen molar-refractivity contribution in [3.63, 3.8) is 0 Å². The van der Waals surface area contributed by atoms with E-state index in [1.54, 1.807) is 0 Å². The topological polar surface area (TPSA) is 30.3 Å². The Balaban J connectivity index is 2.01. The van der Waals surface area contributed by atoms with E-state index in [1.165, 1.54) is 6.04 Å². The molecule has 0 saturated carbocycles. The summed E-state index contributed by atoms with van der Waals surface area (Å²) in [4.78, 5) is 6.60. The monoisotopic (exact) mass is 291 g/mol. The molecule has 0 fully saturated rings. The molecule has 0 unspecified atom stereocenters. The van der Waals surface area contributed by atoms with Gasteiger partial charge in [0.05, 0.1) is 11.9 Å². The van der Waals surface area contributed by atoms with Crippen LogP contribution in [-0.4, -0.2) is 38.3 Å². The number of pyridine rings is 1. The van der Waals surface area contributed by atoms with E-state index in [0.717, 1.165) is 23.3 Å². The second kappa shape index (κ2) is 5.97. The molecule has 0 atom stereocenters. The Morgan fingerprint density at radius 1 is 1.30 bits per heavy atom. The lowest BCUT2D eigenvalue weighted by molar-refractivity contribution is 0.0899. The smallest absolute Gasteiger partial charge is 0.141 e. The second-order valence-corrected chi connectivity index (χ2v) is 12.3. The van der Waals surface area contributed by atoms with Crippen LogP contribution in [-0.2, 0) is 11.5 Å². The molecule has 0 aliphatic heterocycles. The summed E-state index contributed by atoms with van der Waals surface area (Å²) in [6.07, 6.45) is 3.95. The Hall–Kier alpha value is -1.33. The molecule has 2 rings (SSSR count). The van der Waals surface area contributed by atoms with Crippen molar-refractivity contribution in [1.29, 1.82) is 0 Å². The maximum absolute atomic E-state index is 5.79. The van der Waals surface area contributed by atoms with Crippen molar-refractivity contribution in [1.82, 2.24) is 9.55 Å². The quantitative estimate of drug-likeness (QED) is 0.603. The van der Waals surface area contributed by atoms with Gasteiger partial charge in [-0.15, -0.1) is 0 Å². The maximum Gasteiger partial charge on any atom is 0.141 e. The van der Waals surface area contributed by atoms with Crippen molar-refractivity contribution in [2.75, 3.05) is 25.6 Å². The van der Waals surface area contributed by atoms with Gasteiger partial charge in [0.25, 0.3) is 0 Å². The van der Waals surface area contributed by atoms with Crippen LogP contribution in [0.3, 0.4) is 0 Å². The van der Waals surface area contributed by atoms with Gasteiger partial charge in [0.1, 0.15) is 12.4 Å². The predicted octanol–water partition coefficient (Wildman–Crippen LogP) is 3.41. The molecule has 2 heterocycles. The first-order chi connectivity index (χ1) is 9.37. The standard InChI is InChI=1S/C15H25N3OSi/c1-17(2)14-10-13-6-7-18(15(13)16-11-14)12-19-8-9-20(3,4)5/h6-7,10-11H,8-9,12H2,1-5H3. The Labute approximate surface area is 122 Å². The third kappa shape index (κ3) is 3.83. The van der Waals surface area contributed by atoms with Gasteiger partial charge in [-0.05, 0) is 18.2 Å². The van der Waals surface area contributed by atoms with Gasteiger partial charge in [-0.25, -0.2) is 4.98 Å². The van der Waals surface area contributed by atoms with Crippen LogP contribution in [0, 0.1) is 0 Å². The predicted molar refractivity (Wildman–Crippen MR) is 88.2 cm³/mol. The Morgan fingerprint density at radius 3 is 2.70 bits per heavy atom. The zero-order valence-electron chi connectivity index (χ0n) is 13.2. The molecule has 0 spiro atoms. The highest BCUT2D eigenvalue weighted by molar-refractivity contribution is 6.76. The molecule has 110 valence electrons. The first-order valence-corrected chi connectivity index (χ1v) is 10.8. The number of rotatable bonds is 6. The van der Waals surface area contributed by atoms with Crippen molar-refractivity contribution >= 4 is 24.8 Å². The molecule has 0 aliphatic carbocycles. The molecule has 0 bridgehead atoms. The van der Waals surface area contributed by atoms with Crippen LogP contribution in [0.25, 0.3) is 11.0 Å². The molecule has 5 heteroatoms. The molecule has 2 aromatic heterocycles. The normalized spacial score (nSPS) is 12.1. The molecule has 0 radical (unpaired) electrons. The van der Waals surface area contributed by atoms with E-state index in [2.05, 4.69) is 46.2 Å². The van der Waals surface area contributed by atoms with Crippen LogP contribution >= 0.6 is 0 Å². The molecule has 0 N–H and O–H groups in total. The van der Waals surface area contributed by atoms with Crippen molar-refractivity contribution < 1.29 is 4.74 Å². The van der Waals surface area contributed by atoms with Crippen molar-refractivity contribution in [2.45, 2.75) is 32.4 Å². The molecule has 20 heavy (non-hydrogen) atoms. The summed E-state index contributed by atoms with van der Waals surface area (Å²) < 4.78 is 7.86. The number of hydrogen-bond donors (Lipinski definition) is 0. The molecular formula is C15H25N3OSi. The lowest BCUT2D eigenvalue weighted by Gasteiger charge is -2.16. The molecule has 2 aromatic rings. The zero-order valence-corrected chi connectivity index (χ0v) is 14.2. The van der Waals surface area contributed by atoms with Gasteiger partial charge < -0.3 is 14.2 Å². The third-order valence-electron chi connectivity index (χ3n) is 3.33. The van der Waals surface area contributed by atoms with Gasteiger partial charge in [0.2, 0.25) is 0 Å². The van der Waals surface area contributed by atoms with E-state index < -0.39 is 8.07 Å². The lowest BCUT2D eigenvalue weighted by atomic mass is 10.3. The van der Waals surface area contributed by atoms with Gasteiger partial charge in [-0.3, -0.25) is 0 Å². The van der Waals surface area contributed by atoms with Crippen LogP contribution in [0.4, 0.5) is 5.69 Å². The van der Waals surface area contributed by atoms with Crippen LogP contribution < -0.4 is 4.90 Å². The SMILES string of the molecule is CN(C)c1cnc2c(ccn2COCC[Si](C)(C)C)c1. The summed E-state index contributed by atoms with van der Waals surface area (Å²) in [5, 5.41) is 1.16. The van der Waals surface area contributed by atoms with Crippen LogP contribution in [0.15, 0.2) is 24.5 Å². The molecule has 0 aliphatic rings. The minimum atomic E-state index is -1.01. The van der Waals surface area contributed by atoms with E-state index in [0.29, 0.717) is 6.73 Å². The van der Waals surface area contributed by atoms with Crippen molar-refractivity contribution in [3.05, 3.63) is 24.5 Å². The number of aromatic nitrogens is 2. The van der Waals surface area contributed by atoms with E-state index >= 15 is 0 Å². The van der Waals surface area contributed by atoms with Crippen molar-refractivity contribution in [3.8, 4) is 0 Å². The largest absolute Gasteiger partial charge is 0.376 e. The highest BCUT2D eigenvalue weighted by Gasteiger charge is 2.12. The number of anilines is 1. The van der Waals surface area contributed by atoms with Gasteiger partial charge >= 0.3 is 0 Å². The zero-order chi connectivity index (χ0) is 14.8. The van der Waals surface area contributed by atoms with E-state index in [4.69, 9.17) is 4.74 Å². The van der Waals surface area contributed by atoms with Gasteiger partial charge in [-0.1, -0.05) is 19.6 Å². The van der Waals surface area contributed by atoms with E-state index in [1.807, 2.05) is 26.5 Å². The second-order valence-electron chi connectivity index (χ2n) is 6.63. The van der Waals surface area contributed by atoms with E-state index in [-0.39, 0.29) is 0 Å². The summed E-state index contributed by atoms with van der Waals surface area (Å²) in [5.41, 5.74) is 2.11. The van der Waals surface area contributed by atoms with Gasteiger partial charge in [0, 0.05) is 40.4 Å². The average molecular weight is 291 g/mol. The molecule has 0 saturated heterocycles. The fraction of sp³-hybridized carbons (Fsp3) is 0.533. The number of nitrogens with zero attached hydrogens (tertiary/aromatic N) is 3. The summed E-state index contributed by atoms with van der Waals surface area (Å²) in [5.74, 6) is 0. The minimum absolute atomic E-state index is 0.586. The summed E-state index contributed by atoms with van der Waals surface area (Å²) in [7, 11) is 3.05. The number of ether oxygens (including phenoxy) is 1. The van der Waals surface area contributed by atoms with Crippen LogP contribution in [0.5, 0.6) is 0 Å². The Kier molecular flexibility index (Phi) is 4.50. The molecule has 0 aromatic carbocycles. The number of hydrogen-bond acceptors (Lipinski definition) is 3. The van der Waals surface area contributed by atoms with Crippen LogP contribution in [0.1, 0.15) is 0 Å². The third-order valence-corrected chi connectivity index (χ3v) is 5.03. The van der Waals surface area contributed by atoms with Crippen LogP contribution in [0.2, 0.25) is 25.7 Å². The van der Waals surface area contributed by atoms with Crippen molar-refractivity contribution in [2.24, 2.45) is 0 Å². The Morgan fingerprint density at radius 2 is 2.05 bits per heavy atom. The first-order valence-electron chi connectivity index (χ1n) is 7.07. The molecule has 4 nitrogen and oxygen atoms in total. The molecular weight excluding hydrogens is 266 g/mol. The Bertz CT molecular complexity index is 572. The number of fused-ring (bicyclic) bond motifs is 1. The van der Waals surface area contributed by atoms with Gasteiger partial charge in [-0.2, -0.15) is 0 Å². The summed E-state index contributed by atoms with van der Waals surface area (Å²) >= 11 is 0. The summed E-state index contributed by atoms with van der Waals surface area (Å²) in [6, 6.07) is 5.45. The first kappa shape index (κ1) is 15.1. The van der Waals surface area contributed by atoms with E-state index in [9.17, 15) is 0 Å². The fourth-order valence-corrected chi connectivity index (χ4v) is 2.71.